The molecule has 0 saturated carbocycles. The third kappa shape index (κ3) is 4.49. The van der Waals surface area contributed by atoms with E-state index >= 15 is 0 Å². The number of aromatic nitrogens is 3. The van der Waals surface area contributed by atoms with Crippen LogP contribution >= 0.6 is 0 Å². The van der Waals surface area contributed by atoms with E-state index in [0.717, 1.165) is 55.1 Å². The monoisotopic (exact) mass is 625 g/mol. The molecule has 0 fully saturated rings. The summed E-state index contributed by atoms with van der Waals surface area (Å²) in [7, 11) is 0. The lowest BCUT2D eigenvalue weighted by molar-refractivity contribution is 0.669. The van der Waals surface area contributed by atoms with Gasteiger partial charge in [-0.05, 0) is 68.4 Å². The highest BCUT2D eigenvalue weighted by Gasteiger charge is 2.18. The maximum Gasteiger partial charge on any atom is 0.164 e. The Morgan fingerprint density at radius 1 is 0.286 bits per heavy atom. The second-order valence-corrected chi connectivity index (χ2v) is 12.4. The van der Waals surface area contributed by atoms with Gasteiger partial charge in [-0.15, -0.1) is 0 Å². The Kier molecular flexibility index (Phi) is 6.15. The predicted octanol–water partition coefficient (Wildman–Crippen LogP) is 11.9. The van der Waals surface area contributed by atoms with Gasteiger partial charge in [0, 0.05) is 32.8 Å². The molecule has 0 spiro atoms. The highest BCUT2D eigenvalue weighted by Crippen LogP contribution is 2.43. The van der Waals surface area contributed by atoms with Crippen LogP contribution in [0, 0.1) is 0 Å². The van der Waals surface area contributed by atoms with E-state index in [2.05, 4.69) is 115 Å². The maximum atomic E-state index is 6.30. The van der Waals surface area contributed by atoms with Gasteiger partial charge in [-0.1, -0.05) is 133 Å². The normalized spacial score (nSPS) is 11.7. The minimum Gasteiger partial charge on any atom is -0.456 e. The molecule has 10 rings (SSSR count). The molecule has 8 aromatic carbocycles. The van der Waals surface area contributed by atoms with Gasteiger partial charge in [0.25, 0.3) is 0 Å². The average Bonchev–Trinajstić information content (AvgIpc) is 3.57. The molecular formula is C45H27N3O. The molecule has 0 aliphatic rings. The van der Waals surface area contributed by atoms with E-state index in [0.29, 0.717) is 17.5 Å². The summed E-state index contributed by atoms with van der Waals surface area (Å²) in [6, 6.07) is 56.8. The van der Waals surface area contributed by atoms with Crippen LogP contribution < -0.4 is 0 Å². The molecule has 0 unspecified atom stereocenters. The van der Waals surface area contributed by atoms with Crippen LogP contribution in [0.3, 0.4) is 0 Å². The van der Waals surface area contributed by atoms with Crippen LogP contribution in [0.4, 0.5) is 0 Å². The van der Waals surface area contributed by atoms with Crippen molar-refractivity contribution in [1.29, 1.82) is 0 Å². The van der Waals surface area contributed by atoms with Crippen LogP contribution in [-0.4, -0.2) is 15.0 Å². The van der Waals surface area contributed by atoms with E-state index in [1.54, 1.807) is 0 Å². The van der Waals surface area contributed by atoms with E-state index in [9.17, 15) is 0 Å². The van der Waals surface area contributed by atoms with E-state index in [4.69, 9.17) is 19.4 Å². The lowest BCUT2D eigenvalue weighted by atomic mass is 9.91. The Bertz CT molecular complexity index is 2860. The summed E-state index contributed by atoms with van der Waals surface area (Å²) < 4.78 is 6.30. The number of hydrogen-bond acceptors (Lipinski definition) is 4. The Balaban J connectivity index is 1.21. The lowest BCUT2D eigenvalue weighted by Crippen LogP contribution is -2.00. The minimum absolute atomic E-state index is 0.635. The topological polar surface area (TPSA) is 51.8 Å². The fourth-order valence-corrected chi connectivity index (χ4v) is 7.22. The van der Waals surface area contributed by atoms with Crippen molar-refractivity contribution in [2.24, 2.45) is 0 Å². The van der Waals surface area contributed by atoms with Crippen LogP contribution in [-0.2, 0) is 0 Å². The molecule has 0 aliphatic heterocycles. The van der Waals surface area contributed by atoms with E-state index in [-0.39, 0.29) is 0 Å². The zero-order valence-corrected chi connectivity index (χ0v) is 26.3. The quantitative estimate of drug-likeness (QED) is 0.183. The van der Waals surface area contributed by atoms with Gasteiger partial charge in [-0.3, -0.25) is 0 Å². The molecule has 10 aromatic rings. The van der Waals surface area contributed by atoms with E-state index < -0.39 is 0 Å². The van der Waals surface area contributed by atoms with Gasteiger partial charge in [0.15, 0.2) is 17.5 Å². The summed E-state index contributed by atoms with van der Waals surface area (Å²) in [5.74, 6) is 1.92. The summed E-state index contributed by atoms with van der Waals surface area (Å²) in [6.07, 6.45) is 0. The predicted molar refractivity (Wildman–Crippen MR) is 201 cm³/mol. The molecule has 0 bridgehead atoms. The molecule has 4 heteroatoms. The Morgan fingerprint density at radius 3 is 1.59 bits per heavy atom. The Labute approximate surface area is 282 Å². The molecule has 0 saturated heterocycles. The van der Waals surface area contributed by atoms with E-state index in [1.807, 2.05) is 48.5 Å². The lowest BCUT2D eigenvalue weighted by Gasteiger charge is -2.13. The molecule has 0 aliphatic carbocycles. The molecule has 0 radical (unpaired) electrons. The zero-order chi connectivity index (χ0) is 32.3. The standard InChI is InChI=1S/C45H27N3O/c1-3-12-28(13-4-1)30-16-11-17-31(26-30)44-46-43(29-14-5-2-6-15-29)47-45(48-44)32-22-23-34-36-24-25-40-42(37-20-9-10-21-39(37)49-40)41(36)35-19-8-7-18-33(35)38(34)27-32/h1-27H. The molecule has 2 aromatic heterocycles. The number of benzene rings is 8. The Morgan fingerprint density at radius 2 is 0.816 bits per heavy atom. The van der Waals surface area contributed by atoms with Crippen LogP contribution in [0.25, 0.3) is 99.5 Å². The highest BCUT2D eigenvalue weighted by molar-refractivity contribution is 6.34. The summed E-state index contributed by atoms with van der Waals surface area (Å²) in [4.78, 5) is 15.2. The van der Waals surface area contributed by atoms with Gasteiger partial charge >= 0.3 is 0 Å². The summed E-state index contributed by atoms with van der Waals surface area (Å²) in [5.41, 5.74) is 6.89. The number of rotatable bonds is 4. The van der Waals surface area contributed by atoms with Gasteiger partial charge < -0.3 is 4.42 Å². The molecule has 2 heterocycles. The highest BCUT2D eigenvalue weighted by atomic mass is 16.3. The second-order valence-electron chi connectivity index (χ2n) is 12.4. The largest absolute Gasteiger partial charge is 0.456 e. The molecular weight excluding hydrogens is 599 g/mol. The fraction of sp³-hybridized carbons (Fsp3) is 0. The average molecular weight is 626 g/mol. The molecule has 228 valence electrons. The van der Waals surface area contributed by atoms with Crippen molar-refractivity contribution in [3.05, 3.63) is 164 Å². The fourth-order valence-electron chi connectivity index (χ4n) is 7.22. The van der Waals surface area contributed by atoms with Gasteiger partial charge in [0.1, 0.15) is 11.2 Å². The second kappa shape index (κ2) is 11.0. The van der Waals surface area contributed by atoms with E-state index in [1.165, 1.54) is 26.9 Å². The van der Waals surface area contributed by atoms with Crippen molar-refractivity contribution >= 4 is 54.3 Å². The minimum atomic E-state index is 0.635. The number of nitrogens with zero attached hydrogens (tertiary/aromatic N) is 3. The van der Waals surface area contributed by atoms with Gasteiger partial charge in [0.05, 0.1) is 0 Å². The number of fused-ring (bicyclic) bond motifs is 10. The summed E-state index contributed by atoms with van der Waals surface area (Å²) in [6.45, 7) is 0. The first-order valence-electron chi connectivity index (χ1n) is 16.4. The van der Waals surface area contributed by atoms with Crippen molar-refractivity contribution in [1.82, 2.24) is 15.0 Å². The summed E-state index contributed by atoms with van der Waals surface area (Å²) in [5, 5.41) is 9.40. The molecule has 0 N–H and O–H groups in total. The third-order valence-corrected chi connectivity index (χ3v) is 9.49. The van der Waals surface area contributed by atoms with Crippen molar-refractivity contribution < 1.29 is 4.42 Å². The van der Waals surface area contributed by atoms with Crippen LogP contribution in [0.2, 0.25) is 0 Å². The zero-order valence-electron chi connectivity index (χ0n) is 26.3. The van der Waals surface area contributed by atoms with Crippen molar-refractivity contribution in [2.75, 3.05) is 0 Å². The smallest absolute Gasteiger partial charge is 0.164 e. The van der Waals surface area contributed by atoms with Crippen LogP contribution in [0.5, 0.6) is 0 Å². The number of hydrogen-bond donors (Lipinski definition) is 0. The molecule has 4 nitrogen and oxygen atoms in total. The van der Waals surface area contributed by atoms with Crippen molar-refractivity contribution in [3.63, 3.8) is 0 Å². The van der Waals surface area contributed by atoms with Crippen molar-refractivity contribution in [3.8, 4) is 45.3 Å². The number of para-hydroxylation sites is 1. The number of furan rings is 1. The Hall–Kier alpha value is -6.65. The van der Waals surface area contributed by atoms with Gasteiger partial charge in [0.2, 0.25) is 0 Å². The summed E-state index contributed by atoms with van der Waals surface area (Å²) >= 11 is 0. The molecule has 0 amide bonds. The SMILES string of the molecule is c1ccc(-c2cccc(-c3nc(-c4ccccc4)nc(-c4ccc5c(c4)c4ccccc4c4c5ccc5oc6ccccc6c54)n3)c2)cc1. The van der Waals surface area contributed by atoms with Crippen molar-refractivity contribution in [2.45, 2.75) is 0 Å². The van der Waals surface area contributed by atoms with Gasteiger partial charge in [-0.25, -0.2) is 15.0 Å². The maximum absolute atomic E-state index is 6.30. The third-order valence-electron chi connectivity index (χ3n) is 9.49. The molecule has 0 atom stereocenters. The van der Waals surface area contributed by atoms with Crippen LogP contribution in [0.1, 0.15) is 0 Å². The first-order chi connectivity index (χ1) is 24.3. The van der Waals surface area contributed by atoms with Gasteiger partial charge in [-0.2, -0.15) is 0 Å². The first-order valence-corrected chi connectivity index (χ1v) is 16.4. The molecule has 49 heavy (non-hydrogen) atoms. The van der Waals surface area contributed by atoms with Crippen LogP contribution in [0.15, 0.2) is 168 Å². The first kappa shape index (κ1) is 27.5.